The van der Waals surface area contributed by atoms with Gasteiger partial charge in [-0.25, -0.2) is 4.57 Å². The molecule has 0 aromatic rings. The van der Waals surface area contributed by atoms with Gasteiger partial charge in [-0.05, 0) is 37.8 Å². The second-order valence-electron chi connectivity index (χ2n) is 11.3. The van der Waals surface area contributed by atoms with E-state index in [1.165, 1.54) is 77.0 Å². The maximum atomic E-state index is 12.3. The molecule has 38 heavy (non-hydrogen) atoms. The molecular weight excluding hydrogens is 501 g/mol. The number of hydrogen-bond donors (Lipinski definition) is 1. The SMILES string of the molecule is CCCCCCCCCC=COCC(COP(=O)(O)OCC[N+](C)(C)C)OC=CCCCCCCCCC. The molecule has 0 fully saturated rings. The highest BCUT2D eigenvalue weighted by Crippen LogP contribution is 2.43. The van der Waals surface area contributed by atoms with Crippen LogP contribution in [-0.2, 0) is 23.1 Å². The molecule has 0 amide bonds. The molecule has 7 nitrogen and oxygen atoms in total. The Kier molecular flexibility index (Phi) is 24.6. The Morgan fingerprint density at radius 2 is 1.21 bits per heavy atom. The summed E-state index contributed by atoms with van der Waals surface area (Å²) in [5.74, 6) is 0. The van der Waals surface area contributed by atoms with Crippen LogP contribution in [0.5, 0.6) is 0 Å². The fraction of sp³-hybridized carbons (Fsp3) is 0.867. The van der Waals surface area contributed by atoms with Crippen LogP contribution in [0.1, 0.15) is 117 Å². The molecule has 1 N–H and O–H groups in total. The zero-order valence-electron chi connectivity index (χ0n) is 25.4. The van der Waals surface area contributed by atoms with Crippen molar-refractivity contribution in [2.45, 2.75) is 123 Å². The normalized spacial score (nSPS) is 14.8. The van der Waals surface area contributed by atoms with E-state index in [1.807, 2.05) is 33.3 Å². The molecule has 0 saturated heterocycles. The third-order valence-corrected chi connectivity index (χ3v) is 7.21. The van der Waals surface area contributed by atoms with Crippen molar-refractivity contribution in [3.05, 3.63) is 24.7 Å². The molecule has 0 rings (SSSR count). The molecule has 8 heteroatoms. The van der Waals surface area contributed by atoms with Crippen molar-refractivity contribution < 1.29 is 32.5 Å². The van der Waals surface area contributed by atoms with Crippen molar-refractivity contribution in [3.8, 4) is 0 Å². The van der Waals surface area contributed by atoms with Crippen LogP contribution in [0.2, 0.25) is 0 Å². The first-order chi connectivity index (χ1) is 18.2. The van der Waals surface area contributed by atoms with Crippen LogP contribution in [-0.4, -0.2) is 63.0 Å². The average molecular weight is 563 g/mol. The minimum Gasteiger partial charge on any atom is -0.498 e. The molecule has 0 saturated carbocycles. The number of hydrogen-bond acceptors (Lipinski definition) is 5. The first-order valence-electron chi connectivity index (χ1n) is 15.2. The van der Waals surface area contributed by atoms with Crippen molar-refractivity contribution in [2.75, 3.05) is 47.5 Å². The van der Waals surface area contributed by atoms with Gasteiger partial charge in [-0.2, -0.15) is 0 Å². The molecule has 0 aliphatic carbocycles. The molecule has 0 heterocycles. The third kappa shape index (κ3) is 28.2. The minimum atomic E-state index is -4.15. The first kappa shape index (κ1) is 37.1. The largest absolute Gasteiger partial charge is 0.498 e. The Labute approximate surface area is 235 Å². The summed E-state index contributed by atoms with van der Waals surface area (Å²) >= 11 is 0. The van der Waals surface area contributed by atoms with Gasteiger partial charge >= 0.3 is 7.82 Å². The second-order valence-corrected chi connectivity index (χ2v) is 12.7. The van der Waals surface area contributed by atoms with Gasteiger partial charge in [-0.15, -0.1) is 0 Å². The van der Waals surface area contributed by atoms with E-state index in [-0.39, 0.29) is 19.8 Å². The quantitative estimate of drug-likeness (QED) is 0.0446. The number of phosphoric acid groups is 1. The van der Waals surface area contributed by atoms with E-state index in [1.54, 1.807) is 12.5 Å². The maximum Gasteiger partial charge on any atom is 0.472 e. The monoisotopic (exact) mass is 562 g/mol. The number of unbranched alkanes of at least 4 members (excludes halogenated alkanes) is 14. The predicted molar refractivity (Wildman–Crippen MR) is 159 cm³/mol. The molecule has 0 spiro atoms. The lowest BCUT2D eigenvalue weighted by molar-refractivity contribution is -0.870. The van der Waals surface area contributed by atoms with Gasteiger partial charge in [0.15, 0.2) is 6.10 Å². The lowest BCUT2D eigenvalue weighted by Crippen LogP contribution is -2.37. The number of likely N-dealkylation sites (N-methyl/N-ethyl adjacent to an activating group) is 1. The van der Waals surface area contributed by atoms with Crippen LogP contribution in [0, 0.1) is 0 Å². The summed E-state index contributed by atoms with van der Waals surface area (Å²) in [6.45, 7) is 5.35. The summed E-state index contributed by atoms with van der Waals surface area (Å²) in [6, 6.07) is 0. The first-order valence-corrected chi connectivity index (χ1v) is 16.7. The van der Waals surface area contributed by atoms with Gasteiger partial charge in [0, 0.05) is 0 Å². The topological polar surface area (TPSA) is 74.2 Å². The summed E-state index contributed by atoms with van der Waals surface area (Å²) < 4.78 is 34.7. The lowest BCUT2D eigenvalue weighted by atomic mass is 10.1. The number of phosphoric ester groups is 1. The lowest BCUT2D eigenvalue weighted by Gasteiger charge is -2.24. The highest BCUT2D eigenvalue weighted by molar-refractivity contribution is 7.47. The molecule has 2 atom stereocenters. The fourth-order valence-corrected chi connectivity index (χ4v) is 4.49. The van der Waals surface area contributed by atoms with Crippen molar-refractivity contribution >= 4 is 7.82 Å². The Morgan fingerprint density at radius 1 is 0.711 bits per heavy atom. The van der Waals surface area contributed by atoms with Gasteiger partial charge in [0.05, 0.1) is 40.3 Å². The summed E-state index contributed by atoms with van der Waals surface area (Å²) in [5, 5.41) is 0. The summed E-state index contributed by atoms with van der Waals surface area (Å²) in [5.41, 5.74) is 0. The number of nitrogens with zero attached hydrogens (tertiary/aromatic N) is 1. The molecule has 226 valence electrons. The predicted octanol–water partition coefficient (Wildman–Crippen LogP) is 8.54. The zero-order valence-corrected chi connectivity index (χ0v) is 26.3. The van der Waals surface area contributed by atoms with Gasteiger partial charge in [0.25, 0.3) is 0 Å². The van der Waals surface area contributed by atoms with E-state index >= 15 is 0 Å². The molecule has 0 aromatic carbocycles. The Hall–Kier alpha value is -0.850. The van der Waals surface area contributed by atoms with Crippen molar-refractivity contribution in [1.29, 1.82) is 0 Å². The van der Waals surface area contributed by atoms with Crippen molar-refractivity contribution in [2.24, 2.45) is 0 Å². The van der Waals surface area contributed by atoms with Gasteiger partial charge in [0.1, 0.15) is 19.8 Å². The van der Waals surface area contributed by atoms with Gasteiger partial charge in [0.2, 0.25) is 0 Å². The number of allylic oxidation sites excluding steroid dienone is 2. The van der Waals surface area contributed by atoms with Crippen LogP contribution in [0.25, 0.3) is 0 Å². The Morgan fingerprint density at radius 3 is 1.74 bits per heavy atom. The third-order valence-electron chi connectivity index (χ3n) is 6.23. The van der Waals surface area contributed by atoms with Crippen molar-refractivity contribution in [3.63, 3.8) is 0 Å². The van der Waals surface area contributed by atoms with Gasteiger partial charge in [-0.3, -0.25) is 9.05 Å². The van der Waals surface area contributed by atoms with E-state index in [0.29, 0.717) is 11.0 Å². The van der Waals surface area contributed by atoms with Crippen LogP contribution in [0.3, 0.4) is 0 Å². The highest BCUT2D eigenvalue weighted by atomic mass is 31.2. The molecule has 0 radical (unpaired) electrons. The number of ether oxygens (including phenoxy) is 2. The molecular formula is C30H61NO6P+. The van der Waals surface area contributed by atoms with Gasteiger partial charge < -0.3 is 18.9 Å². The van der Waals surface area contributed by atoms with Crippen LogP contribution < -0.4 is 0 Å². The van der Waals surface area contributed by atoms with E-state index < -0.39 is 13.9 Å². The van der Waals surface area contributed by atoms with E-state index in [9.17, 15) is 9.46 Å². The fourth-order valence-electron chi connectivity index (χ4n) is 3.74. The summed E-state index contributed by atoms with van der Waals surface area (Å²) in [7, 11) is 1.83. The highest BCUT2D eigenvalue weighted by Gasteiger charge is 2.25. The van der Waals surface area contributed by atoms with Gasteiger partial charge in [-0.1, -0.05) is 90.9 Å². The molecule has 0 aromatic heterocycles. The number of rotatable bonds is 28. The van der Waals surface area contributed by atoms with Crippen LogP contribution in [0.15, 0.2) is 24.7 Å². The molecule has 2 unspecified atom stereocenters. The van der Waals surface area contributed by atoms with E-state index in [4.69, 9.17) is 18.5 Å². The minimum absolute atomic E-state index is 0.0917. The standard InChI is InChI=1S/C30H60NO6P/c1-6-8-10-12-14-16-18-20-22-25-34-28-30(29-37-38(32,33)36-27-24-31(3,4)5)35-26-23-21-19-17-15-13-11-9-7-2/h22-23,25-26,30H,6-21,24,27-29H2,1-5H3/p+1. The van der Waals surface area contributed by atoms with E-state index in [0.717, 1.165) is 25.7 Å². The Bertz CT molecular complexity index is 620. The van der Waals surface area contributed by atoms with Crippen LogP contribution >= 0.6 is 7.82 Å². The summed E-state index contributed by atoms with van der Waals surface area (Å²) in [4.78, 5) is 10.0. The number of quaternary nitrogens is 1. The average Bonchev–Trinajstić information content (AvgIpc) is 2.85. The molecule has 0 aliphatic rings. The smallest absolute Gasteiger partial charge is 0.472 e. The molecule has 0 bridgehead atoms. The van der Waals surface area contributed by atoms with Crippen molar-refractivity contribution in [1.82, 2.24) is 0 Å². The molecule has 0 aliphatic heterocycles. The maximum absolute atomic E-state index is 12.3. The second kappa shape index (κ2) is 25.1. The van der Waals surface area contributed by atoms with Crippen LogP contribution in [0.4, 0.5) is 0 Å². The Balaban J connectivity index is 4.39. The van der Waals surface area contributed by atoms with E-state index in [2.05, 4.69) is 13.8 Å². The zero-order chi connectivity index (χ0) is 28.4. The summed E-state index contributed by atoms with van der Waals surface area (Å²) in [6.07, 6.45) is 26.7.